The summed E-state index contributed by atoms with van der Waals surface area (Å²) in [6.07, 6.45) is 8.26. The van der Waals surface area contributed by atoms with Crippen molar-refractivity contribution in [2.45, 2.75) is 44.7 Å². The van der Waals surface area contributed by atoms with Crippen LogP contribution in [0, 0.1) is 5.92 Å². The van der Waals surface area contributed by atoms with E-state index in [2.05, 4.69) is 25.1 Å². The van der Waals surface area contributed by atoms with E-state index >= 15 is 0 Å². The molecule has 1 atom stereocenters. The minimum atomic E-state index is 0.559. The quantitative estimate of drug-likeness (QED) is 0.829. The average molecular weight is 288 g/mol. The van der Waals surface area contributed by atoms with Gasteiger partial charge in [-0.2, -0.15) is 10.1 Å². The van der Waals surface area contributed by atoms with Gasteiger partial charge in [0.1, 0.15) is 12.7 Å². The number of rotatable bonds is 5. The maximum atomic E-state index is 5.38. The van der Waals surface area contributed by atoms with Crippen LogP contribution in [0.3, 0.4) is 0 Å². The van der Waals surface area contributed by atoms with Gasteiger partial charge in [0.2, 0.25) is 5.89 Å². The van der Waals surface area contributed by atoms with E-state index in [1.807, 2.05) is 4.68 Å². The second-order valence-electron chi connectivity index (χ2n) is 6.18. The molecule has 0 spiro atoms. The molecule has 7 nitrogen and oxygen atoms in total. The Morgan fingerprint density at radius 1 is 1.29 bits per heavy atom. The molecule has 1 saturated carbocycles. The van der Waals surface area contributed by atoms with Crippen molar-refractivity contribution in [3.05, 3.63) is 24.4 Å². The summed E-state index contributed by atoms with van der Waals surface area (Å²) in [4.78, 5) is 10.9. The molecule has 0 bridgehead atoms. The van der Waals surface area contributed by atoms with Gasteiger partial charge >= 0.3 is 0 Å². The van der Waals surface area contributed by atoms with E-state index in [0.29, 0.717) is 11.8 Å². The van der Waals surface area contributed by atoms with Crippen LogP contribution in [0.5, 0.6) is 0 Å². The largest absolute Gasteiger partial charge is 0.338 e. The van der Waals surface area contributed by atoms with Gasteiger partial charge in [-0.1, -0.05) is 5.16 Å². The van der Waals surface area contributed by atoms with E-state index in [4.69, 9.17) is 4.52 Å². The SMILES string of the molecule is c1ncn(C[C@@H]2CCCN(Cc3nc(C4CC4)no3)C2)n1. The summed E-state index contributed by atoms with van der Waals surface area (Å²) in [5, 5.41) is 8.28. The fraction of sp³-hybridized carbons (Fsp3) is 0.714. The molecular weight excluding hydrogens is 268 g/mol. The highest BCUT2D eigenvalue weighted by Crippen LogP contribution is 2.38. The zero-order chi connectivity index (χ0) is 14.1. The van der Waals surface area contributed by atoms with Gasteiger partial charge < -0.3 is 4.52 Å². The van der Waals surface area contributed by atoms with Gasteiger partial charge in [0.15, 0.2) is 5.82 Å². The van der Waals surface area contributed by atoms with Crippen LogP contribution in [0.15, 0.2) is 17.2 Å². The van der Waals surface area contributed by atoms with Crippen LogP contribution in [0.25, 0.3) is 0 Å². The highest BCUT2D eigenvalue weighted by molar-refractivity contribution is 5.03. The van der Waals surface area contributed by atoms with Crippen LogP contribution in [0.4, 0.5) is 0 Å². The van der Waals surface area contributed by atoms with Crippen LogP contribution >= 0.6 is 0 Å². The zero-order valence-electron chi connectivity index (χ0n) is 12.1. The topological polar surface area (TPSA) is 72.9 Å². The number of likely N-dealkylation sites (tertiary alicyclic amines) is 1. The Labute approximate surface area is 123 Å². The van der Waals surface area contributed by atoms with Crippen LogP contribution < -0.4 is 0 Å². The maximum absolute atomic E-state index is 5.38. The molecule has 2 aromatic heterocycles. The van der Waals surface area contributed by atoms with E-state index < -0.39 is 0 Å². The third kappa shape index (κ3) is 3.12. The summed E-state index contributed by atoms with van der Waals surface area (Å²) >= 11 is 0. The minimum Gasteiger partial charge on any atom is -0.338 e. The van der Waals surface area contributed by atoms with E-state index in [9.17, 15) is 0 Å². The first kappa shape index (κ1) is 12.9. The lowest BCUT2D eigenvalue weighted by molar-refractivity contribution is 0.138. The first-order valence-electron chi connectivity index (χ1n) is 7.74. The number of nitrogens with zero attached hydrogens (tertiary/aromatic N) is 6. The second kappa shape index (κ2) is 5.55. The molecule has 2 aliphatic rings. The van der Waals surface area contributed by atoms with Crippen molar-refractivity contribution in [3.8, 4) is 0 Å². The van der Waals surface area contributed by atoms with Crippen LogP contribution in [-0.4, -0.2) is 42.9 Å². The molecule has 1 saturated heterocycles. The van der Waals surface area contributed by atoms with E-state index in [-0.39, 0.29) is 0 Å². The maximum Gasteiger partial charge on any atom is 0.240 e. The summed E-state index contributed by atoms with van der Waals surface area (Å²) in [7, 11) is 0. The Bertz CT molecular complexity index is 576. The van der Waals surface area contributed by atoms with Crippen molar-refractivity contribution in [2.75, 3.05) is 13.1 Å². The summed E-state index contributed by atoms with van der Waals surface area (Å²) in [6, 6.07) is 0. The van der Waals surface area contributed by atoms with Crippen molar-refractivity contribution in [1.29, 1.82) is 0 Å². The van der Waals surface area contributed by atoms with Gasteiger partial charge in [0, 0.05) is 19.0 Å². The number of hydrogen-bond donors (Lipinski definition) is 0. The Balaban J connectivity index is 1.33. The summed E-state index contributed by atoms with van der Waals surface area (Å²) in [6.45, 7) is 3.87. The molecule has 4 rings (SSSR count). The molecule has 1 aliphatic carbocycles. The van der Waals surface area contributed by atoms with Crippen LogP contribution in [0.2, 0.25) is 0 Å². The van der Waals surface area contributed by atoms with Gasteiger partial charge in [0.25, 0.3) is 0 Å². The van der Waals surface area contributed by atoms with E-state index in [1.165, 1.54) is 25.7 Å². The van der Waals surface area contributed by atoms with Gasteiger partial charge in [-0.15, -0.1) is 0 Å². The van der Waals surface area contributed by atoms with Gasteiger partial charge in [-0.3, -0.25) is 9.58 Å². The number of piperidine rings is 1. The molecule has 7 heteroatoms. The Kier molecular flexibility index (Phi) is 3.42. The van der Waals surface area contributed by atoms with Crippen molar-refractivity contribution >= 4 is 0 Å². The molecule has 0 unspecified atom stereocenters. The van der Waals surface area contributed by atoms with Gasteiger partial charge in [-0.05, 0) is 38.1 Å². The molecule has 0 radical (unpaired) electrons. The fourth-order valence-electron chi connectivity index (χ4n) is 3.07. The Morgan fingerprint density at radius 3 is 3.05 bits per heavy atom. The fourth-order valence-corrected chi connectivity index (χ4v) is 3.07. The molecule has 112 valence electrons. The second-order valence-corrected chi connectivity index (χ2v) is 6.18. The zero-order valence-corrected chi connectivity index (χ0v) is 12.1. The van der Waals surface area contributed by atoms with Crippen molar-refractivity contribution in [1.82, 2.24) is 29.8 Å². The van der Waals surface area contributed by atoms with Gasteiger partial charge in [-0.25, -0.2) is 4.98 Å². The first-order chi connectivity index (χ1) is 10.4. The molecule has 21 heavy (non-hydrogen) atoms. The lowest BCUT2D eigenvalue weighted by Crippen LogP contribution is -2.36. The highest BCUT2D eigenvalue weighted by atomic mass is 16.5. The third-order valence-electron chi connectivity index (χ3n) is 4.30. The van der Waals surface area contributed by atoms with Crippen LogP contribution in [-0.2, 0) is 13.1 Å². The predicted molar refractivity (Wildman–Crippen MR) is 74.3 cm³/mol. The van der Waals surface area contributed by atoms with Crippen molar-refractivity contribution in [3.63, 3.8) is 0 Å². The predicted octanol–water partition coefficient (Wildman–Crippen LogP) is 1.45. The normalized spacial score (nSPS) is 23.5. The van der Waals surface area contributed by atoms with Crippen molar-refractivity contribution < 1.29 is 4.52 Å². The minimum absolute atomic E-state index is 0.559. The van der Waals surface area contributed by atoms with E-state index in [0.717, 1.165) is 37.9 Å². The molecule has 2 aromatic rings. The molecule has 1 aliphatic heterocycles. The highest BCUT2D eigenvalue weighted by Gasteiger charge is 2.29. The van der Waals surface area contributed by atoms with Gasteiger partial charge in [0.05, 0.1) is 6.54 Å². The average Bonchev–Trinajstić information content (AvgIpc) is 3.02. The lowest BCUT2D eigenvalue weighted by Gasteiger charge is -2.31. The standard InChI is InChI=1S/C14H20N6O/c1-2-11(7-20-10-15-9-16-20)6-19(5-1)8-13-17-14(18-21-13)12-3-4-12/h9-12H,1-8H2/t11-/m1/s1. The summed E-state index contributed by atoms with van der Waals surface area (Å²) in [5.41, 5.74) is 0. The van der Waals surface area contributed by atoms with Crippen LogP contribution in [0.1, 0.15) is 43.3 Å². The molecule has 0 amide bonds. The van der Waals surface area contributed by atoms with E-state index in [1.54, 1.807) is 12.7 Å². The Morgan fingerprint density at radius 2 is 2.24 bits per heavy atom. The summed E-state index contributed by atoms with van der Waals surface area (Å²) in [5.74, 6) is 2.84. The third-order valence-corrected chi connectivity index (χ3v) is 4.30. The number of hydrogen-bond acceptors (Lipinski definition) is 6. The molecule has 3 heterocycles. The lowest BCUT2D eigenvalue weighted by atomic mass is 9.98. The smallest absolute Gasteiger partial charge is 0.240 e. The molecular formula is C14H20N6O. The summed E-state index contributed by atoms with van der Waals surface area (Å²) < 4.78 is 7.30. The van der Waals surface area contributed by atoms with Crippen molar-refractivity contribution in [2.24, 2.45) is 5.92 Å². The Hall–Kier alpha value is -1.76. The molecule has 0 N–H and O–H groups in total. The molecule has 0 aromatic carbocycles. The molecule has 2 fully saturated rings. The first-order valence-corrected chi connectivity index (χ1v) is 7.74. The monoisotopic (exact) mass is 288 g/mol. The number of aromatic nitrogens is 5.